The van der Waals surface area contributed by atoms with E-state index in [9.17, 15) is 0 Å². The fraction of sp³-hybridized carbons (Fsp3) is 0.417. The standard InChI is InChI=1S/C12H14N2/c1-8-6-9(7-13)2-5-11(8)12(14)10-3-4-10/h2,5-6,10,12H,3-4,14H2,1H3. The molecule has 0 bridgehead atoms. The van der Waals surface area contributed by atoms with E-state index in [0.29, 0.717) is 11.5 Å². The third-order valence-corrected chi connectivity index (χ3v) is 2.89. The molecule has 0 aliphatic heterocycles. The maximum Gasteiger partial charge on any atom is 0.0991 e. The van der Waals surface area contributed by atoms with Crippen LogP contribution in [0, 0.1) is 24.2 Å². The molecule has 0 aromatic heterocycles. The van der Waals surface area contributed by atoms with Crippen LogP contribution in [-0.2, 0) is 0 Å². The lowest BCUT2D eigenvalue weighted by Gasteiger charge is -2.13. The first kappa shape index (κ1) is 9.23. The SMILES string of the molecule is Cc1cc(C#N)ccc1C(N)C1CC1. The van der Waals surface area contributed by atoms with Gasteiger partial charge in [0.1, 0.15) is 0 Å². The average molecular weight is 186 g/mol. The van der Waals surface area contributed by atoms with Crippen molar-refractivity contribution >= 4 is 0 Å². The van der Waals surface area contributed by atoms with Crippen LogP contribution in [0.4, 0.5) is 0 Å². The zero-order chi connectivity index (χ0) is 10.1. The summed E-state index contributed by atoms with van der Waals surface area (Å²) in [5.74, 6) is 0.668. The van der Waals surface area contributed by atoms with E-state index in [1.807, 2.05) is 25.1 Å². The van der Waals surface area contributed by atoms with Crippen LogP contribution in [-0.4, -0.2) is 0 Å². The highest BCUT2D eigenvalue weighted by Gasteiger charge is 2.30. The summed E-state index contributed by atoms with van der Waals surface area (Å²) in [7, 11) is 0. The fourth-order valence-corrected chi connectivity index (χ4v) is 1.83. The van der Waals surface area contributed by atoms with Crippen LogP contribution < -0.4 is 5.73 Å². The molecular weight excluding hydrogens is 172 g/mol. The molecular formula is C12H14N2. The molecule has 1 atom stereocenters. The number of hydrogen-bond donors (Lipinski definition) is 1. The second-order valence-corrected chi connectivity index (χ2v) is 4.05. The Balaban J connectivity index is 2.30. The predicted molar refractivity (Wildman–Crippen MR) is 55.5 cm³/mol. The van der Waals surface area contributed by atoms with Gasteiger partial charge in [-0.1, -0.05) is 6.07 Å². The van der Waals surface area contributed by atoms with Gasteiger partial charge in [0, 0.05) is 6.04 Å². The lowest BCUT2D eigenvalue weighted by atomic mass is 9.97. The molecule has 0 spiro atoms. The number of nitriles is 1. The van der Waals surface area contributed by atoms with Gasteiger partial charge in [-0.2, -0.15) is 5.26 Å². The van der Waals surface area contributed by atoms with E-state index in [4.69, 9.17) is 11.0 Å². The third kappa shape index (κ3) is 1.64. The third-order valence-electron chi connectivity index (χ3n) is 2.89. The minimum absolute atomic E-state index is 0.169. The minimum atomic E-state index is 0.169. The van der Waals surface area contributed by atoms with Crippen molar-refractivity contribution in [2.45, 2.75) is 25.8 Å². The Morgan fingerprint density at radius 1 is 1.50 bits per heavy atom. The molecule has 1 aromatic carbocycles. The molecule has 0 radical (unpaired) electrons. The predicted octanol–water partition coefficient (Wildman–Crippen LogP) is 2.28. The van der Waals surface area contributed by atoms with Gasteiger partial charge in [0.25, 0.3) is 0 Å². The number of nitrogens with zero attached hydrogens (tertiary/aromatic N) is 1. The van der Waals surface area contributed by atoms with E-state index in [1.165, 1.54) is 18.4 Å². The molecule has 0 saturated heterocycles. The molecule has 1 saturated carbocycles. The average Bonchev–Trinajstić information content (AvgIpc) is 3.00. The normalized spacial score (nSPS) is 17.5. The van der Waals surface area contributed by atoms with E-state index in [1.54, 1.807) is 0 Å². The van der Waals surface area contributed by atoms with Crippen molar-refractivity contribution in [3.05, 3.63) is 34.9 Å². The maximum atomic E-state index is 8.73. The van der Waals surface area contributed by atoms with Crippen LogP contribution in [0.25, 0.3) is 0 Å². The zero-order valence-corrected chi connectivity index (χ0v) is 8.33. The smallest absolute Gasteiger partial charge is 0.0991 e. The van der Waals surface area contributed by atoms with Crippen LogP contribution in [0.15, 0.2) is 18.2 Å². The summed E-state index contributed by atoms with van der Waals surface area (Å²) in [6.45, 7) is 2.03. The molecule has 1 unspecified atom stereocenters. The first-order valence-electron chi connectivity index (χ1n) is 4.98. The Labute approximate surface area is 84.3 Å². The Kier molecular flexibility index (Phi) is 2.26. The molecule has 1 aliphatic rings. The monoisotopic (exact) mass is 186 g/mol. The first-order chi connectivity index (χ1) is 6.72. The van der Waals surface area contributed by atoms with Gasteiger partial charge in [-0.3, -0.25) is 0 Å². The van der Waals surface area contributed by atoms with Gasteiger partial charge in [-0.25, -0.2) is 0 Å². The van der Waals surface area contributed by atoms with Crippen LogP contribution in [0.2, 0.25) is 0 Å². The number of benzene rings is 1. The second kappa shape index (κ2) is 3.43. The van der Waals surface area contributed by atoms with E-state index in [2.05, 4.69) is 6.07 Å². The summed E-state index contributed by atoms with van der Waals surface area (Å²) >= 11 is 0. The van der Waals surface area contributed by atoms with Crippen molar-refractivity contribution in [3.8, 4) is 6.07 Å². The van der Waals surface area contributed by atoms with Crippen molar-refractivity contribution < 1.29 is 0 Å². The topological polar surface area (TPSA) is 49.8 Å². The molecule has 14 heavy (non-hydrogen) atoms. The highest BCUT2D eigenvalue weighted by atomic mass is 14.7. The van der Waals surface area contributed by atoms with Crippen molar-refractivity contribution in [1.29, 1.82) is 5.26 Å². The van der Waals surface area contributed by atoms with Gasteiger partial charge < -0.3 is 5.73 Å². The lowest BCUT2D eigenvalue weighted by Crippen LogP contribution is -2.13. The van der Waals surface area contributed by atoms with E-state index in [-0.39, 0.29) is 6.04 Å². The van der Waals surface area contributed by atoms with E-state index in [0.717, 1.165) is 5.56 Å². The minimum Gasteiger partial charge on any atom is -0.324 e. The molecule has 2 heteroatoms. The molecule has 2 nitrogen and oxygen atoms in total. The number of aryl methyl sites for hydroxylation is 1. The molecule has 2 N–H and O–H groups in total. The van der Waals surface area contributed by atoms with E-state index < -0.39 is 0 Å². The highest BCUT2D eigenvalue weighted by Crippen LogP contribution is 2.40. The van der Waals surface area contributed by atoms with Gasteiger partial charge in [-0.15, -0.1) is 0 Å². The molecule has 2 rings (SSSR count). The molecule has 0 heterocycles. The van der Waals surface area contributed by atoms with Gasteiger partial charge >= 0.3 is 0 Å². The fourth-order valence-electron chi connectivity index (χ4n) is 1.83. The first-order valence-corrected chi connectivity index (χ1v) is 4.98. The van der Waals surface area contributed by atoms with Crippen LogP contribution in [0.1, 0.15) is 35.6 Å². The molecule has 1 aromatic rings. The summed E-state index contributed by atoms with van der Waals surface area (Å²) in [4.78, 5) is 0. The van der Waals surface area contributed by atoms with Crippen LogP contribution in [0.3, 0.4) is 0 Å². The number of nitrogens with two attached hydrogens (primary N) is 1. The largest absolute Gasteiger partial charge is 0.324 e. The highest BCUT2D eigenvalue weighted by molar-refractivity contribution is 5.39. The number of hydrogen-bond acceptors (Lipinski definition) is 2. The summed E-state index contributed by atoms with van der Waals surface area (Å²) < 4.78 is 0. The molecule has 0 amide bonds. The summed E-state index contributed by atoms with van der Waals surface area (Å²) in [5.41, 5.74) is 9.17. The Morgan fingerprint density at radius 2 is 2.21 bits per heavy atom. The van der Waals surface area contributed by atoms with Crippen molar-refractivity contribution in [3.63, 3.8) is 0 Å². The number of rotatable bonds is 2. The van der Waals surface area contributed by atoms with Gasteiger partial charge in [0.05, 0.1) is 11.6 Å². The maximum absolute atomic E-state index is 8.73. The summed E-state index contributed by atoms with van der Waals surface area (Å²) in [6.07, 6.45) is 2.50. The molecule has 72 valence electrons. The second-order valence-electron chi connectivity index (χ2n) is 4.05. The Morgan fingerprint density at radius 3 is 2.71 bits per heavy atom. The summed E-state index contributed by atoms with van der Waals surface area (Å²) in [6, 6.07) is 8.07. The Bertz CT molecular complexity index is 386. The summed E-state index contributed by atoms with van der Waals surface area (Å²) in [5, 5.41) is 8.73. The Hall–Kier alpha value is -1.33. The quantitative estimate of drug-likeness (QED) is 0.770. The van der Waals surface area contributed by atoms with Crippen molar-refractivity contribution in [1.82, 2.24) is 0 Å². The van der Waals surface area contributed by atoms with Crippen molar-refractivity contribution in [2.75, 3.05) is 0 Å². The van der Waals surface area contributed by atoms with Gasteiger partial charge in [-0.05, 0) is 48.9 Å². The lowest BCUT2D eigenvalue weighted by molar-refractivity contribution is 0.630. The zero-order valence-electron chi connectivity index (χ0n) is 8.33. The van der Waals surface area contributed by atoms with Crippen LogP contribution >= 0.6 is 0 Å². The van der Waals surface area contributed by atoms with E-state index >= 15 is 0 Å². The van der Waals surface area contributed by atoms with Gasteiger partial charge in [0.15, 0.2) is 0 Å². The molecule has 1 aliphatic carbocycles. The molecule has 1 fully saturated rings. The van der Waals surface area contributed by atoms with Gasteiger partial charge in [0.2, 0.25) is 0 Å². The van der Waals surface area contributed by atoms with Crippen LogP contribution in [0.5, 0.6) is 0 Å². The van der Waals surface area contributed by atoms with Crippen molar-refractivity contribution in [2.24, 2.45) is 11.7 Å².